The lowest BCUT2D eigenvalue weighted by Crippen LogP contribution is -2.36. The van der Waals surface area contributed by atoms with Gasteiger partial charge in [0, 0.05) is 24.6 Å². The topological polar surface area (TPSA) is 119 Å². The number of anilines is 1. The van der Waals surface area contributed by atoms with Gasteiger partial charge in [-0.25, -0.2) is 4.79 Å². The van der Waals surface area contributed by atoms with Crippen molar-refractivity contribution in [2.24, 2.45) is 11.3 Å². The number of nitrogens with one attached hydrogen (secondary N) is 2. The molecule has 2 aliphatic carbocycles. The number of piperidine rings is 1. The van der Waals surface area contributed by atoms with Crippen LogP contribution in [0.25, 0.3) is 0 Å². The molecule has 1 saturated heterocycles. The van der Waals surface area contributed by atoms with E-state index >= 15 is 0 Å². The molecule has 2 unspecified atom stereocenters. The lowest BCUT2D eigenvalue weighted by molar-refractivity contribution is -0.107. The minimum absolute atomic E-state index is 0.0557. The van der Waals surface area contributed by atoms with Crippen LogP contribution in [0.3, 0.4) is 0 Å². The number of aliphatic hydroxyl groups is 1. The van der Waals surface area contributed by atoms with Crippen LogP contribution in [0.1, 0.15) is 126 Å². The van der Waals surface area contributed by atoms with Gasteiger partial charge in [0.15, 0.2) is 6.29 Å². The minimum atomic E-state index is -1.02. The zero-order chi connectivity index (χ0) is 33.4. The van der Waals surface area contributed by atoms with Crippen molar-refractivity contribution in [3.05, 3.63) is 15.8 Å². The maximum Gasteiger partial charge on any atom is 0.404 e. The fourth-order valence-corrected chi connectivity index (χ4v) is 6.15. The van der Waals surface area contributed by atoms with E-state index in [0.29, 0.717) is 23.4 Å². The van der Waals surface area contributed by atoms with E-state index < -0.39 is 6.09 Å². The first kappa shape index (κ1) is 41.1. The Morgan fingerprint density at radius 1 is 0.977 bits per heavy atom. The predicted molar refractivity (Wildman–Crippen MR) is 183 cm³/mol. The number of carbonyl (C=O) groups excluding carboxylic acids is 2. The van der Waals surface area contributed by atoms with Gasteiger partial charge in [0.2, 0.25) is 6.41 Å². The number of hydrogen-bond acceptors (Lipinski definition) is 6. The summed E-state index contributed by atoms with van der Waals surface area (Å²) in [5, 5.41) is 21.7. The molecule has 8 nitrogen and oxygen atoms in total. The Labute approximate surface area is 270 Å². The Bertz CT molecular complexity index is 1000. The van der Waals surface area contributed by atoms with Crippen molar-refractivity contribution in [1.82, 2.24) is 10.6 Å². The summed E-state index contributed by atoms with van der Waals surface area (Å²) in [5.41, 5.74) is 0.446. The molecule has 0 aromatic carbocycles. The highest BCUT2D eigenvalue weighted by molar-refractivity contribution is 7.14. The van der Waals surface area contributed by atoms with E-state index in [1.54, 1.807) is 11.0 Å². The van der Waals surface area contributed by atoms with E-state index in [-0.39, 0.29) is 17.5 Å². The SMILES string of the molecule is C#C.C1CCNCC1.CC(C)(C)C#Cc1cc(N(C=O)C2CCCC(NC(=O)O)CC2)c(C=O)s1.CC1CCCCC1.CO. The highest BCUT2D eigenvalue weighted by Gasteiger charge is 2.27. The summed E-state index contributed by atoms with van der Waals surface area (Å²) in [6, 6.07) is 1.65. The summed E-state index contributed by atoms with van der Waals surface area (Å²) >= 11 is 1.29. The van der Waals surface area contributed by atoms with Crippen molar-refractivity contribution < 1.29 is 24.6 Å². The van der Waals surface area contributed by atoms with Crippen molar-refractivity contribution in [1.29, 1.82) is 0 Å². The van der Waals surface area contributed by atoms with Gasteiger partial charge in [0.25, 0.3) is 0 Å². The molecule has 2 saturated carbocycles. The van der Waals surface area contributed by atoms with Gasteiger partial charge in [0.1, 0.15) is 0 Å². The van der Waals surface area contributed by atoms with Crippen LogP contribution in [-0.2, 0) is 4.79 Å². The molecule has 0 radical (unpaired) electrons. The maximum absolute atomic E-state index is 11.8. The van der Waals surface area contributed by atoms with Crippen LogP contribution >= 0.6 is 11.3 Å². The molecular weight excluding hydrogens is 574 g/mol. The van der Waals surface area contributed by atoms with Crippen molar-refractivity contribution in [2.75, 3.05) is 25.1 Å². The van der Waals surface area contributed by atoms with E-state index in [0.717, 1.165) is 49.9 Å². The van der Waals surface area contributed by atoms with Crippen molar-refractivity contribution in [3.63, 3.8) is 0 Å². The third-order valence-electron chi connectivity index (χ3n) is 7.56. The molecule has 2 heterocycles. The number of aliphatic hydroxyl groups excluding tert-OH is 1. The largest absolute Gasteiger partial charge is 0.465 e. The molecule has 0 bridgehead atoms. The van der Waals surface area contributed by atoms with Crippen LogP contribution in [0.15, 0.2) is 6.07 Å². The maximum atomic E-state index is 11.8. The Morgan fingerprint density at radius 3 is 2.02 bits per heavy atom. The molecule has 9 heteroatoms. The summed E-state index contributed by atoms with van der Waals surface area (Å²) in [7, 11) is 1.00. The molecule has 2 atom stereocenters. The van der Waals surface area contributed by atoms with Crippen LogP contribution in [0.4, 0.5) is 10.5 Å². The number of rotatable bonds is 5. The highest BCUT2D eigenvalue weighted by Crippen LogP contribution is 2.33. The van der Waals surface area contributed by atoms with Crippen LogP contribution in [-0.4, -0.2) is 61.3 Å². The number of thiophene rings is 1. The number of aldehydes is 1. The predicted octanol–water partition coefficient (Wildman–Crippen LogP) is 7.09. The normalized spacial score (nSPS) is 19.7. The smallest absolute Gasteiger partial charge is 0.404 e. The number of carbonyl (C=O) groups is 3. The molecule has 248 valence electrons. The average molecular weight is 632 g/mol. The van der Waals surface area contributed by atoms with Gasteiger partial charge >= 0.3 is 6.09 Å². The highest BCUT2D eigenvalue weighted by atomic mass is 32.1. The van der Waals surface area contributed by atoms with Gasteiger partial charge in [0.05, 0.1) is 15.4 Å². The second kappa shape index (κ2) is 24.5. The lowest BCUT2D eigenvalue weighted by atomic mass is 9.91. The van der Waals surface area contributed by atoms with Crippen LogP contribution in [0.5, 0.6) is 0 Å². The quantitative estimate of drug-likeness (QED) is 0.156. The Kier molecular flexibility index (Phi) is 22.9. The summed E-state index contributed by atoms with van der Waals surface area (Å²) in [6.45, 7) is 10.9. The van der Waals surface area contributed by atoms with Gasteiger partial charge < -0.3 is 25.7 Å². The molecule has 1 aromatic rings. The molecule has 4 rings (SSSR count). The monoisotopic (exact) mass is 631 g/mol. The average Bonchev–Trinajstić information content (AvgIpc) is 3.31. The Balaban J connectivity index is 0.000000878. The van der Waals surface area contributed by atoms with Crippen molar-refractivity contribution >= 4 is 35.8 Å². The van der Waals surface area contributed by atoms with Gasteiger partial charge in [-0.2, -0.15) is 0 Å². The van der Waals surface area contributed by atoms with E-state index in [2.05, 4.69) is 42.2 Å². The molecule has 1 aromatic heterocycles. The number of hydrogen-bond donors (Lipinski definition) is 4. The lowest BCUT2D eigenvalue weighted by Gasteiger charge is -2.27. The Morgan fingerprint density at radius 2 is 1.59 bits per heavy atom. The molecule has 1 aliphatic heterocycles. The first-order chi connectivity index (χ1) is 21.1. The number of amides is 2. The molecule has 44 heavy (non-hydrogen) atoms. The molecule has 4 N–H and O–H groups in total. The van der Waals surface area contributed by atoms with E-state index in [1.165, 1.54) is 75.8 Å². The molecule has 3 fully saturated rings. The standard InChI is InChI=1S/C20H26N2O4S.C7H14.C5H11N.C2H2.CH4O/c1-20(2,3)10-9-16-11-17(18(12-23)27-16)22(13-24)15-6-4-5-14(7-8-15)21-19(25)26;1-7-5-3-2-4-6-7;1-2-4-6-5-3-1;2*1-2/h11-15,21H,4-8H2,1-3H3,(H,25,26);7H,2-6H2,1H3;6H,1-5H2;1-2H;2H,1H3. The molecule has 2 amide bonds. The van der Waals surface area contributed by atoms with Crippen LogP contribution in [0, 0.1) is 36.0 Å². The van der Waals surface area contributed by atoms with Gasteiger partial charge in [-0.3, -0.25) is 9.59 Å². The first-order valence-corrected chi connectivity index (χ1v) is 16.8. The van der Waals surface area contributed by atoms with Crippen molar-refractivity contribution in [2.45, 2.75) is 123 Å². The molecule has 3 aliphatic rings. The summed E-state index contributed by atoms with van der Waals surface area (Å²) in [6.07, 6.45) is 23.9. The Hall–Kier alpha value is -2.85. The number of terminal acetylenes is 1. The molecular formula is C35H57N3O5S. The fourth-order valence-electron chi connectivity index (χ4n) is 5.32. The van der Waals surface area contributed by atoms with Gasteiger partial charge in [-0.1, -0.05) is 57.3 Å². The van der Waals surface area contributed by atoms with Crippen LogP contribution in [0.2, 0.25) is 0 Å². The van der Waals surface area contributed by atoms with E-state index in [1.807, 2.05) is 20.8 Å². The van der Waals surface area contributed by atoms with E-state index in [9.17, 15) is 14.4 Å². The van der Waals surface area contributed by atoms with Gasteiger partial charge in [-0.15, -0.1) is 24.2 Å². The summed E-state index contributed by atoms with van der Waals surface area (Å²) < 4.78 is 0. The third kappa shape index (κ3) is 18.1. The molecule has 0 spiro atoms. The zero-order valence-corrected chi connectivity index (χ0v) is 28.5. The first-order valence-electron chi connectivity index (χ1n) is 16.0. The van der Waals surface area contributed by atoms with Crippen molar-refractivity contribution in [3.8, 4) is 24.7 Å². The van der Waals surface area contributed by atoms with Gasteiger partial charge in [-0.05, 0) is 90.8 Å². The summed E-state index contributed by atoms with van der Waals surface area (Å²) in [4.78, 5) is 37.1. The third-order valence-corrected chi connectivity index (χ3v) is 8.52. The van der Waals surface area contributed by atoms with Crippen LogP contribution < -0.4 is 15.5 Å². The number of carboxylic acid groups (broad SMARTS) is 1. The fraction of sp³-hybridized carbons (Fsp3) is 0.686. The minimum Gasteiger partial charge on any atom is -0.465 e. The number of nitrogens with zero attached hydrogens (tertiary/aromatic N) is 1. The second-order valence-corrected chi connectivity index (χ2v) is 13.4. The zero-order valence-electron chi connectivity index (χ0n) is 27.7. The summed E-state index contributed by atoms with van der Waals surface area (Å²) in [5.74, 6) is 7.28. The second-order valence-electron chi connectivity index (χ2n) is 12.4. The van der Waals surface area contributed by atoms with E-state index in [4.69, 9.17) is 10.2 Å².